The van der Waals surface area contributed by atoms with Crippen LogP contribution in [0.15, 0.2) is 45.7 Å². The third kappa shape index (κ3) is 2.13. The van der Waals surface area contributed by atoms with Crippen molar-refractivity contribution < 1.29 is 9.21 Å². The minimum absolute atomic E-state index is 0.138. The van der Waals surface area contributed by atoms with Gasteiger partial charge in [0.25, 0.3) is 0 Å². The predicted molar refractivity (Wildman–Crippen MR) is 61.3 cm³/mol. The molecule has 0 N–H and O–H groups in total. The lowest BCUT2D eigenvalue weighted by atomic mass is 10.1. The van der Waals surface area contributed by atoms with Gasteiger partial charge in [-0.05, 0) is 24.3 Å². The Morgan fingerprint density at radius 1 is 1.33 bits per heavy atom. The Kier molecular flexibility index (Phi) is 2.93. The van der Waals surface area contributed by atoms with E-state index in [1.807, 2.05) is 0 Å². The van der Waals surface area contributed by atoms with Gasteiger partial charge in [-0.15, -0.1) is 0 Å². The molecule has 0 radical (unpaired) electrons. The zero-order valence-corrected chi connectivity index (χ0v) is 9.88. The smallest absolute Gasteiger partial charge is 0.197 e. The summed E-state index contributed by atoms with van der Waals surface area (Å²) < 4.78 is 5.69. The van der Waals surface area contributed by atoms with E-state index in [4.69, 9.17) is 16.0 Å². The van der Waals surface area contributed by atoms with E-state index in [-0.39, 0.29) is 5.78 Å². The number of benzene rings is 1. The highest BCUT2D eigenvalue weighted by atomic mass is 79.9. The third-order valence-corrected chi connectivity index (χ3v) is 2.77. The van der Waals surface area contributed by atoms with Crippen molar-refractivity contribution in [2.24, 2.45) is 0 Å². The maximum atomic E-state index is 11.9. The van der Waals surface area contributed by atoms with Crippen LogP contribution in [0.3, 0.4) is 0 Å². The number of rotatable bonds is 2. The quantitative estimate of drug-likeness (QED) is 0.783. The molecular formula is C11H6BrClO2. The number of carbonyl (C=O) groups is 1. The summed E-state index contributed by atoms with van der Waals surface area (Å²) >= 11 is 9.24. The van der Waals surface area contributed by atoms with Crippen molar-refractivity contribution in [2.45, 2.75) is 0 Å². The first-order chi connectivity index (χ1) is 7.18. The predicted octanol–water partition coefficient (Wildman–Crippen LogP) is 3.93. The molecule has 2 nitrogen and oxygen atoms in total. The fourth-order valence-corrected chi connectivity index (χ4v) is 1.98. The highest BCUT2D eigenvalue weighted by Crippen LogP contribution is 2.23. The third-order valence-electron chi connectivity index (χ3n) is 1.96. The Bertz CT molecular complexity index is 491. The van der Waals surface area contributed by atoms with Gasteiger partial charge in [0.15, 0.2) is 5.78 Å². The molecule has 0 amide bonds. The maximum Gasteiger partial charge on any atom is 0.197 e. The Balaban J connectivity index is 2.42. The second-order valence-electron chi connectivity index (χ2n) is 2.97. The number of carbonyl (C=O) groups excluding carboxylic acids is 1. The SMILES string of the molecule is O=C(c1ccoc1)c1ccc(Br)cc1Cl. The summed E-state index contributed by atoms with van der Waals surface area (Å²) in [5.41, 5.74) is 0.973. The second-order valence-corrected chi connectivity index (χ2v) is 4.29. The summed E-state index contributed by atoms with van der Waals surface area (Å²) in [7, 11) is 0. The minimum atomic E-state index is -0.138. The van der Waals surface area contributed by atoms with Crippen molar-refractivity contribution >= 4 is 33.3 Å². The molecule has 2 rings (SSSR count). The number of hydrogen-bond acceptors (Lipinski definition) is 2. The molecule has 0 unspecified atom stereocenters. The van der Waals surface area contributed by atoms with Crippen LogP contribution in [0.5, 0.6) is 0 Å². The van der Waals surface area contributed by atoms with Gasteiger partial charge in [-0.3, -0.25) is 4.79 Å². The molecule has 0 atom stereocenters. The molecule has 1 aromatic carbocycles. The van der Waals surface area contributed by atoms with Gasteiger partial charge in [-0.1, -0.05) is 27.5 Å². The zero-order valence-electron chi connectivity index (χ0n) is 7.54. The van der Waals surface area contributed by atoms with Gasteiger partial charge in [-0.25, -0.2) is 0 Å². The van der Waals surface area contributed by atoms with Gasteiger partial charge in [-0.2, -0.15) is 0 Å². The van der Waals surface area contributed by atoms with Crippen LogP contribution < -0.4 is 0 Å². The van der Waals surface area contributed by atoms with Crippen LogP contribution in [0.25, 0.3) is 0 Å². The van der Waals surface area contributed by atoms with E-state index in [1.165, 1.54) is 12.5 Å². The minimum Gasteiger partial charge on any atom is -0.472 e. The average Bonchev–Trinajstić information content (AvgIpc) is 2.69. The normalized spacial score (nSPS) is 10.3. The molecule has 0 spiro atoms. The van der Waals surface area contributed by atoms with E-state index in [9.17, 15) is 4.79 Å². The Morgan fingerprint density at radius 3 is 2.73 bits per heavy atom. The van der Waals surface area contributed by atoms with Crippen molar-refractivity contribution in [1.82, 2.24) is 0 Å². The molecule has 0 saturated carbocycles. The molecular weight excluding hydrogens is 279 g/mol. The summed E-state index contributed by atoms with van der Waals surface area (Å²) in [6.07, 6.45) is 2.86. The summed E-state index contributed by atoms with van der Waals surface area (Å²) in [5, 5.41) is 0.426. The van der Waals surface area contributed by atoms with Gasteiger partial charge >= 0.3 is 0 Å². The Hall–Kier alpha value is -1.06. The van der Waals surface area contributed by atoms with Crippen LogP contribution in [0.4, 0.5) is 0 Å². The van der Waals surface area contributed by atoms with E-state index < -0.39 is 0 Å². The summed E-state index contributed by atoms with van der Waals surface area (Å²) in [4.78, 5) is 11.9. The highest BCUT2D eigenvalue weighted by molar-refractivity contribution is 9.10. The Morgan fingerprint density at radius 2 is 2.13 bits per heavy atom. The molecule has 4 heteroatoms. The molecule has 15 heavy (non-hydrogen) atoms. The molecule has 1 aromatic heterocycles. The van der Waals surface area contributed by atoms with Crippen LogP contribution in [-0.2, 0) is 0 Å². The first kappa shape index (κ1) is 10.5. The van der Waals surface area contributed by atoms with E-state index in [0.29, 0.717) is 16.1 Å². The van der Waals surface area contributed by atoms with Gasteiger partial charge in [0.05, 0.1) is 16.8 Å². The van der Waals surface area contributed by atoms with Crippen LogP contribution >= 0.6 is 27.5 Å². The van der Waals surface area contributed by atoms with Crippen molar-refractivity contribution in [1.29, 1.82) is 0 Å². The number of furan rings is 1. The number of halogens is 2. The van der Waals surface area contributed by atoms with Crippen molar-refractivity contribution in [2.75, 3.05) is 0 Å². The van der Waals surface area contributed by atoms with Gasteiger partial charge < -0.3 is 4.42 Å². The molecule has 76 valence electrons. The Labute approximate surface area is 100.0 Å². The number of hydrogen-bond donors (Lipinski definition) is 0. The van der Waals surface area contributed by atoms with Crippen LogP contribution in [0, 0.1) is 0 Å². The van der Waals surface area contributed by atoms with Crippen LogP contribution in [0.2, 0.25) is 5.02 Å². The van der Waals surface area contributed by atoms with E-state index >= 15 is 0 Å². The molecule has 0 aliphatic carbocycles. The summed E-state index contributed by atoms with van der Waals surface area (Å²) in [5.74, 6) is -0.138. The fourth-order valence-electron chi connectivity index (χ4n) is 1.22. The molecule has 0 aliphatic rings. The van der Waals surface area contributed by atoms with E-state index in [1.54, 1.807) is 24.3 Å². The lowest BCUT2D eigenvalue weighted by Crippen LogP contribution is -2.00. The van der Waals surface area contributed by atoms with Gasteiger partial charge in [0, 0.05) is 10.0 Å². The first-order valence-corrected chi connectivity index (χ1v) is 5.37. The van der Waals surface area contributed by atoms with Gasteiger partial charge in [0.2, 0.25) is 0 Å². The van der Waals surface area contributed by atoms with Crippen molar-refractivity contribution in [3.8, 4) is 0 Å². The highest BCUT2D eigenvalue weighted by Gasteiger charge is 2.13. The molecule has 1 heterocycles. The molecule has 0 aliphatic heterocycles. The largest absolute Gasteiger partial charge is 0.472 e. The van der Waals surface area contributed by atoms with E-state index in [0.717, 1.165) is 4.47 Å². The lowest BCUT2D eigenvalue weighted by Gasteiger charge is -2.01. The van der Waals surface area contributed by atoms with Crippen LogP contribution in [-0.4, -0.2) is 5.78 Å². The topological polar surface area (TPSA) is 30.2 Å². The monoisotopic (exact) mass is 284 g/mol. The zero-order chi connectivity index (χ0) is 10.8. The molecule has 0 saturated heterocycles. The molecule has 0 fully saturated rings. The van der Waals surface area contributed by atoms with E-state index in [2.05, 4.69) is 15.9 Å². The fraction of sp³-hybridized carbons (Fsp3) is 0. The standard InChI is InChI=1S/C11H6BrClO2/c12-8-1-2-9(10(13)5-8)11(14)7-3-4-15-6-7/h1-6H. The van der Waals surface area contributed by atoms with Crippen molar-refractivity contribution in [3.05, 3.63) is 57.4 Å². The van der Waals surface area contributed by atoms with Crippen LogP contribution in [0.1, 0.15) is 15.9 Å². The summed E-state index contributed by atoms with van der Waals surface area (Å²) in [6, 6.07) is 6.76. The second kappa shape index (κ2) is 4.21. The maximum absolute atomic E-state index is 11.9. The van der Waals surface area contributed by atoms with Gasteiger partial charge in [0.1, 0.15) is 6.26 Å². The molecule has 2 aromatic rings. The average molecular weight is 286 g/mol. The molecule has 0 bridgehead atoms. The number of ketones is 1. The summed E-state index contributed by atoms with van der Waals surface area (Å²) in [6.45, 7) is 0. The van der Waals surface area contributed by atoms with Crippen molar-refractivity contribution in [3.63, 3.8) is 0 Å². The lowest BCUT2D eigenvalue weighted by molar-refractivity contribution is 0.103. The first-order valence-electron chi connectivity index (χ1n) is 4.20.